The molecule has 1 N–H and O–H groups in total. The smallest absolute Gasteiger partial charge is 0.265 e. The molecule has 2 aromatic heterocycles. The number of benzene rings is 2. The lowest BCUT2D eigenvalue weighted by Crippen LogP contribution is -2.09. The molecule has 0 saturated heterocycles. The Kier molecular flexibility index (Phi) is 6.56. The minimum atomic E-state index is -0.394. The molecule has 9 heteroatoms. The number of nitrogens with one attached hydrogen (secondary N) is 1. The van der Waals surface area contributed by atoms with Crippen LogP contribution in [-0.4, -0.2) is 15.7 Å². The van der Waals surface area contributed by atoms with E-state index in [0.29, 0.717) is 39.5 Å². The predicted molar refractivity (Wildman–Crippen MR) is 121 cm³/mol. The normalized spacial score (nSPS) is 10.8. The molecule has 4 rings (SSSR count). The van der Waals surface area contributed by atoms with Gasteiger partial charge in [-0.1, -0.05) is 41.4 Å². The molecule has 4 aromatic rings. The summed E-state index contributed by atoms with van der Waals surface area (Å²) in [6.45, 7) is 0.668. The Labute approximate surface area is 192 Å². The summed E-state index contributed by atoms with van der Waals surface area (Å²) in [6, 6.07) is 13.2. The molecular weight excluding hydrogens is 460 g/mol. The lowest BCUT2D eigenvalue weighted by Gasteiger charge is -2.06. The highest BCUT2D eigenvalue weighted by Crippen LogP contribution is 2.25. The van der Waals surface area contributed by atoms with E-state index in [-0.39, 0.29) is 5.91 Å². The first kappa shape index (κ1) is 21.4. The topological polar surface area (TPSA) is 56.2 Å². The third-order valence-electron chi connectivity index (χ3n) is 4.35. The molecule has 0 radical (unpaired) electrons. The van der Waals surface area contributed by atoms with Crippen molar-refractivity contribution in [1.82, 2.24) is 9.78 Å². The fraction of sp³-hybridized carbons (Fsp3) is 0.0909. The lowest BCUT2D eigenvalue weighted by molar-refractivity contribution is 0.103. The Morgan fingerprint density at radius 3 is 2.81 bits per heavy atom. The van der Waals surface area contributed by atoms with Crippen LogP contribution in [0.5, 0.6) is 5.75 Å². The van der Waals surface area contributed by atoms with Gasteiger partial charge in [0.25, 0.3) is 5.91 Å². The van der Waals surface area contributed by atoms with Crippen molar-refractivity contribution in [2.45, 2.75) is 13.2 Å². The van der Waals surface area contributed by atoms with E-state index in [4.69, 9.17) is 27.9 Å². The third-order valence-corrected chi connectivity index (χ3v) is 5.99. The second-order valence-corrected chi connectivity index (χ2v) is 8.38. The van der Waals surface area contributed by atoms with Crippen LogP contribution in [0, 0.1) is 5.82 Å². The summed E-state index contributed by atoms with van der Waals surface area (Å²) in [5.41, 5.74) is 2.15. The molecule has 0 atom stereocenters. The largest absolute Gasteiger partial charge is 0.487 e. The second-order valence-electron chi connectivity index (χ2n) is 6.65. The molecule has 5 nitrogen and oxygen atoms in total. The molecule has 0 bridgehead atoms. The molecule has 2 aromatic carbocycles. The maximum atomic E-state index is 13.2. The number of hydrogen-bond acceptors (Lipinski definition) is 4. The highest BCUT2D eigenvalue weighted by atomic mass is 35.5. The fourth-order valence-electron chi connectivity index (χ4n) is 2.82. The lowest BCUT2D eigenvalue weighted by atomic mass is 10.2. The molecule has 0 aliphatic heterocycles. The summed E-state index contributed by atoms with van der Waals surface area (Å²) in [4.78, 5) is 13.1. The van der Waals surface area contributed by atoms with Gasteiger partial charge < -0.3 is 10.1 Å². The number of ether oxygens (including phenoxy) is 1. The maximum Gasteiger partial charge on any atom is 0.265 e. The molecule has 0 spiro atoms. The maximum absolute atomic E-state index is 13.2. The van der Waals surface area contributed by atoms with E-state index in [0.717, 1.165) is 11.1 Å². The monoisotopic (exact) mass is 475 g/mol. The Balaban J connectivity index is 1.35. The molecule has 2 heterocycles. The van der Waals surface area contributed by atoms with E-state index in [1.165, 1.54) is 23.5 Å². The van der Waals surface area contributed by atoms with E-state index >= 15 is 0 Å². The van der Waals surface area contributed by atoms with Gasteiger partial charge in [0.2, 0.25) is 0 Å². The van der Waals surface area contributed by atoms with Crippen molar-refractivity contribution in [2.75, 3.05) is 5.32 Å². The minimum absolute atomic E-state index is 0.242. The summed E-state index contributed by atoms with van der Waals surface area (Å²) in [5.74, 6) is -0.0434. The van der Waals surface area contributed by atoms with Gasteiger partial charge in [-0.2, -0.15) is 5.10 Å². The number of carbonyl (C=O) groups excluding carboxylic acids is 1. The van der Waals surface area contributed by atoms with Crippen LogP contribution in [0.4, 0.5) is 10.1 Å². The number of aromatic nitrogens is 2. The van der Waals surface area contributed by atoms with Crippen molar-refractivity contribution in [2.24, 2.45) is 0 Å². The Bertz CT molecular complexity index is 1220. The standard InChI is InChI=1S/C22H16Cl2FN3O2S/c23-18-3-1-2-4-20(18)30-12-14-7-21(31-13-14)22(29)27-17-9-26-28(11-17)10-15-5-6-16(25)8-19(15)24/h1-9,11,13H,10,12H2,(H,27,29). The third kappa shape index (κ3) is 5.44. The van der Waals surface area contributed by atoms with Crippen LogP contribution in [0.3, 0.4) is 0 Å². The fourth-order valence-corrected chi connectivity index (χ4v) is 4.03. The zero-order valence-corrected chi connectivity index (χ0v) is 18.3. The number of amides is 1. The number of carbonyl (C=O) groups is 1. The van der Waals surface area contributed by atoms with Gasteiger partial charge in [0.1, 0.15) is 18.2 Å². The minimum Gasteiger partial charge on any atom is -0.487 e. The highest BCUT2D eigenvalue weighted by molar-refractivity contribution is 7.12. The molecule has 0 saturated carbocycles. The molecule has 0 unspecified atom stereocenters. The SMILES string of the molecule is O=C(Nc1cnn(Cc2ccc(F)cc2Cl)c1)c1cc(COc2ccccc2Cl)cs1. The number of anilines is 1. The number of para-hydroxylation sites is 1. The number of rotatable bonds is 7. The van der Waals surface area contributed by atoms with Gasteiger partial charge >= 0.3 is 0 Å². The Morgan fingerprint density at radius 2 is 2.00 bits per heavy atom. The van der Waals surface area contributed by atoms with Gasteiger partial charge in [-0.3, -0.25) is 9.48 Å². The van der Waals surface area contributed by atoms with E-state index in [1.807, 2.05) is 17.5 Å². The molecule has 158 valence electrons. The molecule has 0 aliphatic rings. The second kappa shape index (κ2) is 9.51. The number of halogens is 3. The molecule has 31 heavy (non-hydrogen) atoms. The predicted octanol–water partition coefficient (Wildman–Crippen LogP) is 6.27. The van der Waals surface area contributed by atoms with E-state index in [9.17, 15) is 9.18 Å². The summed E-state index contributed by atoms with van der Waals surface area (Å²) >= 11 is 13.5. The number of nitrogens with zero attached hydrogens (tertiary/aromatic N) is 2. The van der Waals surface area contributed by atoms with Gasteiger partial charge in [0, 0.05) is 16.8 Å². The quantitative estimate of drug-likeness (QED) is 0.342. The van der Waals surface area contributed by atoms with Crippen LogP contribution in [0.2, 0.25) is 10.0 Å². The van der Waals surface area contributed by atoms with Gasteiger partial charge in [-0.05, 0) is 41.3 Å². The van der Waals surface area contributed by atoms with E-state index < -0.39 is 5.82 Å². The zero-order chi connectivity index (χ0) is 21.8. The van der Waals surface area contributed by atoms with Crippen molar-refractivity contribution in [3.8, 4) is 5.75 Å². The van der Waals surface area contributed by atoms with Gasteiger partial charge in [0.05, 0.1) is 28.3 Å². The van der Waals surface area contributed by atoms with E-state index in [1.54, 1.807) is 41.3 Å². The average Bonchev–Trinajstić information content (AvgIpc) is 3.39. The molecule has 0 aliphatic carbocycles. The molecule has 0 fully saturated rings. The van der Waals surface area contributed by atoms with Crippen molar-refractivity contribution < 1.29 is 13.9 Å². The van der Waals surface area contributed by atoms with Crippen LogP contribution in [0.25, 0.3) is 0 Å². The Morgan fingerprint density at radius 1 is 1.16 bits per heavy atom. The first-order chi connectivity index (χ1) is 15.0. The summed E-state index contributed by atoms with van der Waals surface area (Å²) in [5, 5.41) is 9.76. The van der Waals surface area contributed by atoms with Crippen molar-refractivity contribution in [3.63, 3.8) is 0 Å². The van der Waals surface area contributed by atoms with E-state index in [2.05, 4.69) is 10.4 Å². The summed E-state index contributed by atoms with van der Waals surface area (Å²) < 4.78 is 20.5. The van der Waals surface area contributed by atoms with Crippen LogP contribution in [-0.2, 0) is 13.2 Å². The highest BCUT2D eigenvalue weighted by Gasteiger charge is 2.12. The molecule has 1 amide bonds. The van der Waals surface area contributed by atoms with Gasteiger partial charge in [0.15, 0.2) is 0 Å². The van der Waals surface area contributed by atoms with Crippen molar-refractivity contribution >= 4 is 46.1 Å². The average molecular weight is 476 g/mol. The van der Waals surface area contributed by atoms with Crippen LogP contribution < -0.4 is 10.1 Å². The van der Waals surface area contributed by atoms with Crippen molar-refractivity contribution in [3.05, 3.63) is 98.2 Å². The zero-order valence-electron chi connectivity index (χ0n) is 16.0. The van der Waals surface area contributed by atoms with Crippen LogP contribution in [0.1, 0.15) is 20.8 Å². The van der Waals surface area contributed by atoms with Gasteiger partial charge in [-0.25, -0.2) is 4.39 Å². The van der Waals surface area contributed by atoms with Crippen molar-refractivity contribution in [1.29, 1.82) is 0 Å². The number of thiophene rings is 1. The summed E-state index contributed by atoms with van der Waals surface area (Å²) in [7, 11) is 0. The Hall–Kier alpha value is -2.87. The first-order valence-corrected chi connectivity index (χ1v) is 10.8. The van der Waals surface area contributed by atoms with Crippen LogP contribution >= 0.6 is 34.5 Å². The first-order valence-electron chi connectivity index (χ1n) is 9.20. The van der Waals surface area contributed by atoms with Crippen LogP contribution in [0.15, 0.2) is 66.3 Å². The summed E-state index contributed by atoms with van der Waals surface area (Å²) in [6.07, 6.45) is 3.23. The van der Waals surface area contributed by atoms with Gasteiger partial charge in [-0.15, -0.1) is 11.3 Å². The molecular formula is C22H16Cl2FN3O2S. The number of hydrogen-bond donors (Lipinski definition) is 1.